The lowest BCUT2D eigenvalue weighted by atomic mass is 9.90. The van der Waals surface area contributed by atoms with Crippen molar-refractivity contribution in [2.45, 2.75) is 52.2 Å². The molecule has 2 heterocycles. The van der Waals surface area contributed by atoms with Crippen molar-refractivity contribution in [3.8, 4) is 5.75 Å². The number of aryl methyl sites for hydroxylation is 1. The van der Waals surface area contributed by atoms with Crippen molar-refractivity contribution in [3.05, 3.63) is 63.8 Å². The van der Waals surface area contributed by atoms with Crippen molar-refractivity contribution in [1.29, 1.82) is 0 Å². The van der Waals surface area contributed by atoms with Crippen molar-refractivity contribution < 1.29 is 14.6 Å². The Morgan fingerprint density at radius 3 is 2.81 bits per heavy atom. The standard InChI is InChI=1S/C28H31Cl2N3O3/c1-17(2)33-25-10-5-18(12-24(25)27(30)31-33)16-36-22-8-9-23-19(13-22)6-7-20(26(23)29)14-32-11-3-4-21(15-32)28(34)35/h5,8-10,12-13,17,21H,3-4,6-7,11,14-16H2,1-2H3,(H,34,35). The van der Waals surface area contributed by atoms with Crippen molar-refractivity contribution >= 4 is 45.1 Å². The van der Waals surface area contributed by atoms with Crippen molar-refractivity contribution in [1.82, 2.24) is 14.7 Å². The summed E-state index contributed by atoms with van der Waals surface area (Å²) in [4.78, 5) is 13.6. The van der Waals surface area contributed by atoms with E-state index in [0.717, 1.165) is 71.6 Å². The number of piperidine rings is 1. The fraction of sp³-hybridized carbons (Fsp3) is 0.429. The molecule has 0 amide bonds. The number of hydrogen-bond donors (Lipinski definition) is 1. The van der Waals surface area contributed by atoms with E-state index in [4.69, 9.17) is 27.9 Å². The van der Waals surface area contributed by atoms with Gasteiger partial charge in [0, 0.05) is 29.5 Å². The number of ether oxygens (including phenoxy) is 1. The quantitative estimate of drug-likeness (QED) is 0.377. The number of fused-ring (bicyclic) bond motifs is 2. The third kappa shape index (κ3) is 5.13. The third-order valence-corrected chi connectivity index (χ3v) is 7.96. The van der Waals surface area contributed by atoms with Gasteiger partial charge in [0.1, 0.15) is 12.4 Å². The molecule has 3 aromatic rings. The van der Waals surface area contributed by atoms with Crippen LogP contribution in [0, 0.1) is 5.92 Å². The first-order valence-corrected chi connectivity index (χ1v) is 13.3. The molecule has 0 bridgehead atoms. The van der Waals surface area contributed by atoms with E-state index in [2.05, 4.69) is 36.0 Å². The van der Waals surface area contributed by atoms with E-state index >= 15 is 0 Å². The molecule has 1 aliphatic carbocycles. The Kier molecular flexibility index (Phi) is 7.29. The van der Waals surface area contributed by atoms with Crippen LogP contribution in [-0.2, 0) is 17.8 Å². The number of aliphatic carboxylic acids is 1. The lowest BCUT2D eigenvalue weighted by molar-refractivity contribution is -0.143. The molecule has 1 atom stereocenters. The summed E-state index contributed by atoms with van der Waals surface area (Å²) < 4.78 is 8.06. The Bertz CT molecular complexity index is 1330. The maximum atomic E-state index is 11.4. The molecule has 8 heteroatoms. The topological polar surface area (TPSA) is 67.6 Å². The first-order chi connectivity index (χ1) is 17.3. The van der Waals surface area contributed by atoms with Gasteiger partial charge in [0.05, 0.1) is 11.4 Å². The van der Waals surface area contributed by atoms with Crippen molar-refractivity contribution in [2.75, 3.05) is 19.6 Å². The minimum atomic E-state index is -0.699. The molecule has 2 aliphatic rings. The molecule has 0 saturated carbocycles. The van der Waals surface area contributed by atoms with Crippen LogP contribution in [-0.4, -0.2) is 45.4 Å². The van der Waals surface area contributed by atoms with Crippen LogP contribution in [0.4, 0.5) is 0 Å². The minimum absolute atomic E-state index is 0.237. The van der Waals surface area contributed by atoms with Gasteiger partial charge in [0.15, 0.2) is 5.15 Å². The zero-order chi connectivity index (χ0) is 25.4. The Labute approximate surface area is 221 Å². The molecule has 0 radical (unpaired) electrons. The number of carboxylic acid groups (broad SMARTS) is 1. The van der Waals surface area contributed by atoms with Gasteiger partial charge >= 0.3 is 5.97 Å². The summed E-state index contributed by atoms with van der Waals surface area (Å²) in [6, 6.07) is 12.5. The maximum absolute atomic E-state index is 11.4. The highest BCUT2D eigenvalue weighted by Crippen LogP contribution is 2.37. The number of aromatic nitrogens is 2. The predicted octanol–water partition coefficient (Wildman–Crippen LogP) is 6.54. The molecule has 0 spiro atoms. The van der Waals surface area contributed by atoms with Crippen molar-refractivity contribution in [2.24, 2.45) is 5.92 Å². The smallest absolute Gasteiger partial charge is 0.307 e. The minimum Gasteiger partial charge on any atom is -0.489 e. The number of carboxylic acids is 1. The highest BCUT2D eigenvalue weighted by atomic mass is 35.5. The van der Waals surface area contributed by atoms with Gasteiger partial charge in [-0.1, -0.05) is 29.3 Å². The maximum Gasteiger partial charge on any atom is 0.307 e. The molecule has 1 aromatic heterocycles. The van der Waals surface area contributed by atoms with Crippen LogP contribution >= 0.6 is 23.2 Å². The monoisotopic (exact) mass is 527 g/mol. The number of carbonyl (C=O) groups is 1. The van der Waals surface area contributed by atoms with Crippen LogP contribution in [0.3, 0.4) is 0 Å². The van der Waals surface area contributed by atoms with Gasteiger partial charge in [-0.2, -0.15) is 5.10 Å². The van der Waals surface area contributed by atoms with Crippen LogP contribution in [0.1, 0.15) is 55.8 Å². The lowest BCUT2D eigenvalue weighted by Gasteiger charge is -2.32. The molecule has 1 unspecified atom stereocenters. The van der Waals surface area contributed by atoms with Gasteiger partial charge in [-0.15, -0.1) is 0 Å². The van der Waals surface area contributed by atoms with Gasteiger partial charge in [-0.25, -0.2) is 0 Å². The van der Waals surface area contributed by atoms with E-state index in [1.54, 1.807) is 0 Å². The van der Waals surface area contributed by atoms with Crippen molar-refractivity contribution in [3.63, 3.8) is 0 Å². The lowest BCUT2D eigenvalue weighted by Crippen LogP contribution is -2.39. The highest BCUT2D eigenvalue weighted by Gasteiger charge is 2.27. The zero-order valence-electron chi connectivity index (χ0n) is 20.6. The number of nitrogens with zero attached hydrogens (tertiary/aromatic N) is 3. The van der Waals surface area contributed by atoms with Gasteiger partial charge in [-0.05, 0) is 98.7 Å². The Morgan fingerprint density at radius 1 is 1.19 bits per heavy atom. The fourth-order valence-corrected chi connectivity index (χ4v) is 5.86. The Hall–Kier alpha value is -2.54. The number of rotatable bonds is 7. The van der Waals surface area contributed by atoms with Gasteiger partial charge in [0.25, 0.3) is 0 Å². The number of hydrogen-bond acceptors (Lipinski definition) is 4. The summed E-state index contributed by atoms with van der Waals surface area (Å²) in [5, 5.41) is 16.1. The summed E-state index contributed by atoms with van der Waals surface area (Å²) >= 11 is 13.2. The normalized spacial score (nSPS) is 18.6. The summed E-state index contributed by atoms with van der Waals surface area (Å²) in [7, 11) is 0. The second-order valence-electron chi connectivity index (χ2n) is 10.1. The number of halogens is 2. The third-order valence-electron chi connectivity index (χ3n) is 7.21. The van der Waals surface area contributed by atoms with E-state index in [9.17, 15) is 9.90 Å². The molecule has 190 valence electrons. The van der Waals surface area contributed by atoms with E-state index in [1.165, 1.54) is 11.1 Å². The molecule has 36 heavy (non-hydrogen) atoms. The van der Waals surface area contributed by atoms with E-state index in [-0.39, 0.29) is 12.0 Å². The number of benzene rings is 2. The molecular weight excluding hydrogens is 497 g/mol. The Balaban J connectivity index is 1.27. The van der Waals surface area contributed by atoms with Crippen LogP contribution in [0.15, 0.2) is 42.0 Å². The molecule has 6 nitrogen and oxygen atoms in total. The summed E-state index contributed by atoms with van der Waals surface area (Å²) in [5.74, 6) is -0.169. The van der Waals surface area contributed by atoms with Crippen LogP contribution in [0.5, 0.6) is 5.75 Å². The molecule has 2 aromatic carbocycles. The van der Waals surface area contributed by atoms with Crippen LogP contribution in [0.25, 0.3) is 15.9 Å². The molecule has 1 aliphatic heterocycles. The largest absolute Gasteiger partial charge is 0.489 e. The first kappa shape index (κ1) is 25.1. The molecule has 1 fully saturated rings. The predicted molar refractivity (Wildman–Crippen MR) is 144 cm³/mol. The van der Waals surface area contributed by atoms with E-state index < -0.39 is 5.97 Å². The average Bonchev–Trinajstić information content (AvgIpc) is 3.21. The molecule has 1 N–H and O–H groups in total. The molecule has 5 rings (SSSR count). The van der Waals surface area contributed by atoms with Gasteiger partial charge < -0.3 is 9.84 Å². The Morgan fingerprint density at radius 2 is 2.03 bits per heavy atom. The summed E-state index contributed by atoms with van der Waals surface area (Å²) in [5.41, 5.74) is 5.47. The van der Waals surface area contributed by atoms with Gasteiger partial charge in [-0.3, -0.25) is 14.4 Å². The first-order valence-electron chi connectivity index (χ1n) is 12.6. The highest BCUT2D eigenvalue weighted by molar-refractivity contribution is 6.49. The van der Waals surface area contributed by atoms with E-state index in [1.807, 2.05) is 28.9 Å². The zero-order valence-corrected chi connectivity index (χ0v) is 22.1. The fourth-order valence-electron chi connectivity index (χ4n) is 5.29. The van der Waals surface area contributed by atoms with Crippen LogP contribution in [0.2, 0.25) is 5.15 Å². The summed E-state index contributed by atoms with van der Waals surface area (Å²) in [6.07, 6.45) is 3.44. The summed E-state index contributed by atoms with van der Waals surface area (Å²) in [6.45, 7) is 6.86. The number of likely N-dealkylation sites (tertiary alicyclic amines) is 1. The van der Waals surface area contributed by atoms with E-state index in [0.29, 0.717) is 18.3 Å². The van der Waals surface area contributed by atoms with Crippen LogP contribution < -0.4 is 4.74 Å². The average molecular weight is 528 g/mol. The second kappa shape index (κ2) is 10.4. The molecular formula is C28H31Cl2N3O3. The second-order valence-corrected chi connectivity index (χ2v) is 10.9. The SMILES string of the molecule is CC(C)n1nc(Cl)c2cc(COc3ccc4c(c3)CCC(CN3CCCC(C(=O)O)C3)=C4Cl)ccc21. The van der Waals surface area contributed by atoms with Gasteiger partial charge in [0.2, 0.25) is 0 Å². The molecule has 1 saturated heterocycles.